The minimum Gasteiger partial charge on any atom is -0.402 e. The van der Waals surface area contributed by atoms with Gasteiger partial charge in [-0.1, -0.05) is 58.9 Å². The Labute approximate surface area is 163 Å². The minimum atomic E-state index is -0.562. The number of hydrogen-bond donors (Lipinski definition) is 0. The van der Waals surface area contributed by atoms with E-state index in [1.54, 1.807) is 66.0 Å². The second-order valence-electron chi connectivity index (χ2n) is 4.88. The van der Waals surface area contributed by atoms with Crippen LogP contribution in [0.15, 0.2) is 58.7 Å². The van der Waals surface area contributed by atoms with Crippen molar-refractivity contribution in [2.24, 2.45) is 10.2 Å². The summed E-state index contributed by atoms with van der Waals surface area (Å²) in [4.78, 5) is 12.4. The molecule has 0 aliphatic carbocycles. The van der Waals surface area contributed by atoms with E-state index in [4.69, 9.17) is 27.9 Å². The molecule has 2 aromatic carbocycles. The van der Waals surface area contributed by atoms with Gasteiger partial charge in [-0.3, -0.25) is 0 Å². The molecule has 1 aliphatic rings. The molecule has 25 heavy (non-hydrogen) atoms. The average molecular weight is 411 g/mol. The Bertz CT molecular complexity index is 848. The number of thioether (sulfide) groups is 2. The van der Waals surface area contributed by atoms with Gasteiger partial charge in [0.15, 0.2) is 4.38 Å². The van der Waals surface area contributed by atoms with E-state index in [0.29, 0.717) is 21.2 Å². The van der Waals surface area contributed by atoms with Gasteiger partial charge < -0.3 is 4.74 Å². The lowest BCUT2D eigenvalue weighted by atomic mass is 10.2. The Morgan fingerprint density at radius 1 is 0.960 bits per heavy atom. The van der Waals surface area contributed by atoms with Gasteiger partial charge in [-0.05, 0) is 36.4 Å². The molecule has 128 valence electrons. The highest BCUT2D eigenvalue weighted by molar-refractivity contribution is 8.41. The van der Waals surface area contributed by atoms with Gasteiger partial charge in [0.25, 0.3) is 0 Å². The van der Waals surface area contributed by atoms with Crippen molar-refractivity contribution in [1.82, 2.24) is 0 Å². The van der Waals surface area contributed by atoms with Crippen molar-refractivity contribution in [2.45, 2.75) is 0 Å². The molecule has 0 bridgehead atoms. The maximum Gasteiger partial charge on any atom is 0.344 e. The van der Waals surface area contributed by atoms with Gasteiger partial charge in [-0.25, -0.2) is 4.79 Å². The number of benzene rings is 2. The van der Waals surface area contributed by atoms with Crippen LogP contribution >= 0.6 is 46.7 Å². The van der Waals surface area contributed by atoms with Gasteiger partial charge in [0, 0.05) is 27.1 Å². The highest BCUT2D eigenvalue weighted by Crippen LogP contribution is 2.26. The smallest absolute Gasteiger partial charge is 0.344 e. The van der Waals surface area contributed by atoms with E-state index >= 15 is 0 Å². The molecule has 8 heteroatoms. The molecule has 2 aromatic rings. The van der Waals surface area contributed by atoms with Crippen LogP contribution in [0.25, 0.3) is 0 Å². The number of nitrogens with zero attached hydrogens (tertiary/aromatic N) is 2. The fraction of sp³-hybridized carbons (Fsp3) is 0.118. The van der Waals surface area contributed by atoms with Crippen LogP contribution in [0.1, 0.15) is 15.9 Å². The molecule has 0 atom stereocenters. The molecule has 1 aliphatic heterocycles. The van der Waals surface area contributed by atoms with Gasteiger partial charge >= 0.3 is 5.97 Å². The van der Waals surface area contributed by atoms with E-state index in [1.807, 2.05) is 0 Å². The second kappa shape index (κ2) is 8.76. The van der Waals surface area contributed by atoms with Gasteiger partial charge in [0.1, 0.15) is 0 Å². The van der Waals surface area contributed by atoms with Crippen molar-refractivity contribution in [3.63, 3.8) is 0 Å². The van der Waals surface area contributed by atoms with Crippen LogP contribution in [0.5, 0.6) is 0 Å². The third-order valence-electron chi connectivity index (χ3n) is 3.08. The fourth-order valence-corrected chi connectivity index (χ4v) is 4.39. The third kappa shape index (κ3) is 5.25. The molecule has 4 nitrogen and oxygen atoms in total. The molecular formula is C17H12Cl2N2O2S2. The molecule has 0 amide bonds. The van der Waals surface area contributed by atoms with Crippen molar-refractivity contribution in [2.75, 3.05) is 11.5 Å². The van der Waals surface area contributed by atoms with E-state index in [1.165, 1.54) is 6.07 Å². The first-order valence-electron chi connectivity index (χ1n) is 7.27. The molecule has 1 fully saturated rings. The zero-order chi connectivity index (χ0) is 17.6. The number of esters is 1. The molecule has 0 saturated carbocycles. The standard InChI is InChI=1S/C17H12Cl2N2O2S2/c18-13-5-1-3-11(9-13)15(20-21-17-24-7-8-25-17)23-16(22)12-4-2-6-14(19)10-12/h1-6,9-10H,7-8H2/b20-15-. The molecule has 0 unspecified atom stereocenters. The van der Waals surface area contributed by atoms with Crippen molar-refractivity contribution in [3.05, 3.63) is 69.7 Å². The summed E-state index contributed by atoms with van der Waals surface area (Å²) in [6.45, 7) is 0. The summed E-state index contributed by atoms with van der Waals surface area (Å²) in [7, 11) is 0. The summed E-state index contributed by atoms with van der Waals surface area (Å²) in [5.74, 6) is 1.52. The lowest BCUT2D eigenvalue weighted by Crippen LogP contribution is -2.14. The predicted molar refractivity (Wildman–Crippen MR) is 107 cm³/mol. The molecule has 3 rings (SSSR count). The lowest BCUT2D eigenvalue weighted by Gasteiger charge is -2.07. The number of rotatable bonds is 3. The number of halogens is 2. The molecule has 1 heterocycles. The molecule has 0 radical (unpaired) electrons. The first-order valence-corrected chi connectivity index (χ1v) is 9.99. The second-order valence-corrected chi connectivity index (χ2v) is 8.18. The van der Waals surface area contributed by atoms with Crippen LogP contribution in [-0.2, 0) is 4.74 Å². The van der Waals surface area contributed by atoms with Gasteiger partial charge in [0.2, 0.25) is 5.90 Å². The van der Waals surface area contributed by atoms with Gasteiger partial charge in [-0.15, -0.1) is 10.2 Å². The maximum atomic E-state index is 12.4. The Morgan fingerprint density at radius 2 is 1.56 bits per heavy atom. The lowest BCUT2D eigenvalue weighted by molar-refractivity contribution is 0.0717. The first kappa shape index (κ1) is 18.3. The SMILES string of the molecule is O=C(O/C(=N\N=C1SCCS1)c1cccc(Cl)c1)c1cccc(Cl)c1. The highest BCUT2D eigenvalue weighted by atomic mass is 35.5. The quantitative estimate of drug-likeness (QED) is 0.296. The third-order valence-corrected chi connectivity index (χ3v) is 5.99. The fourth-order valence-electron chi connectivity index (χ4n) is 1.96. The normalized spacial score (nSPS) is 14.5. The summed E-state index contributed by atoms with van der Waals surface area (Å²) < 4.78 is 6.31. The number of hydrogen-bond acceptors (Lipinski definition) is 6. The molecule has 0 N–H and O–H groups in total. The summed E-state index contributed by atoms with van der Waals surface area (Å²) in [6.07, 6.45) is 0. The van der Waals surface area contributed by atoms with E-state index in [9.17, 15) is 4.79 Å². The largest absolute Gasteiger partial charge is 0.402 e. The van der Waals surface area contributed by atoms with Crippen LogP contribution in [0, 0.1) is 0 Å². The number of carbonyl (C=O) groups is 1. The van der Waals surface area contributed by atoms with Gasteiger partial charge in [0.05, 0.1) is 5.56 Å². The van der Waals surface area contributed by atoms with Crippen LogP contribution in [-0.4, -0.2) is 27.7 Å². The molecular weight excluding hydrogens is 399 g/mol. The Morgan fingerprint density at radius 3 is 2.20 bits per heavy atom. The number of ether oxygens (including phenoxy) is 1. The average Bonchev–Trinajstić information content (AvgIpc) is 3.12. The van der Waals surface area contributed by atoms with Crippen molar-refractivity contribution < 1.29 is 9.53 Å². The minimum absolute atomic E-state index is 0.0908. The maximum absolute atomic E-state index is 12.4. The Hall–Kier alpha value is -1.47. The van der Waals surface area contributed by atoms with Crippen molar-refractivity contribution >= 4 is 63.0 Å². The van der Waals surface area contributed by atoms with E-state index < -0.39 is 5.97 Å². The van der Waals surface area contributed by atoms with E-state index in [2.05, 4.69) is 10.2 Å². The Balaban J connectivity index is 1.89. The van der Waals surface area contributed by atoms with Crippen molar-refractivity contribution in [1.29, 1.82) is 0 Å². The molecule has 1 saturated heterocycles. The summed E-state index contributed by atoms with van der Waals surface area (Å²) in [6, 6.07) is 13.4. The van der Waals surface area contributed by atoms with Crippen molar-refractivity contribution in [3.8, 4) is 0 Å². The van der Waals surface area contributed by atoms with Gasteiger partial charge in [-0.2, -0.15) is 0 Å². The highest BCUT2D eigenvalue weighted by Gasteiger charge is 2.16. The number of carbonyl (C=O) groups excluding carboxylic acids is 1. The zero-order valence-electron chi connectivity index (χ0n) is 12.8. The summed E-state index contributed by atoms with van der Waals surface area (Å²) >= 11 is 15.2. The monoisotopic (exact) mass is 410 g/mol. The first-order chi connectivity index (χ1) is 12.1. The van der Waals surface area contributed by atoms with Crippen LogP contribution in [0.4, 0.5) is 0 Å². The summed E-state index contributed by atoms with van der Waals surface area (Å²) in [5.41, 5.74) is 0.903. The summed E-state index contributed by atoms with van der Waals surface area (Å²) in [5, 5.41) is 9.28. The van der Waals surface area contributed by atoms with E-state index in [0.717, 1.165) is 15.9 Å². The molecule has 0 spiro atoms. The van der Waals surface area contributed by atoms with Crippen LogP contribution < -0.4 is 0 Å². The van der Waals surface area contributed by atoms with Crippen LogP contribution in [0.3, 0.4) is 0 Å². The Kier molecular flexibility index (Phi) is 6.42. The molecule has 0 aromatic heterocycles. The topological polar surface area (TPSA) is 51.0 Å². The zero-order valence-corrected chi connectivity index (χ0v) is 16.0. The predicted octanol–water partition coefficient (Wildman–Crippen LogP) is 5.35. The van der Waals surface area contributed by atoms with Crippen LogP contribution in [0.2, 0.25) is 10.0 Å². The van der Waals surface area contributed by atoms with E-state index in [-0.39, 0.29) is 5.90 Å².